The molecule has 1 amide bonds. The van der Waals surface area contributed by atoms with Gasteiger partial charge in [-0.1, -0.05) is 60.4 Å². The smallest absolute Gasteiger partial charge is 0.236 e. The highest BCUT2D eigenvalue weighted by Gasteiger charge is 2.13. The number of anilines is 1. The first-order valence-corrected chi connectivity index (χ1v) is 10.4. The van der Waals surface area contributed by atoms with Crippen molar-refractivity contribution in [2.24, 2.45) is 0 Å². The zero-order chi connectivity index (χ0) is 19.9. The fourth-order valence-corrected chi connectivity index (χ4v) is 3.54. The minimum Gasteiger partial charge on any atom is -0.309 e. The van der Waals surface area contributed by atoms with E-state index < -0.39 is 0 Å². The van der Waals surface area contributed by atoms with Crippen molar-refractivity contribution in [3.05, 3.63) is 52.1 Å². The number of carbonyl (C=O) groups is 1. The van der Waals surface area contributed by atoms with Crippen molar-refractivity contribution in [2.75, 3.05) is 11.1 Å². The molecule has 1 N–H and O–H groups in total. The van der Waals surface area contributed by atoms with Gasteiger partial charge in [0.15, 0.2) is 5.82 Å². The van der Waals surface area contributed by atoms with Crippen molar-refractivity contribution >= 4 is 46.7 Å². The van der Waals surface area contributed by atoms with Crippen LogP contribution in [0.4, 0.5) is 5.82 Å². The molecule has 0 aliphatic rings. The Bertz CT molecular complexity index is 948. The second-order valence-electron chi connectivity index (χ2n) is 5.96. The number of aromatic nitrogens is 5. The molecule has 0 fully saturated rings. The van der Waals surface area contributed by atoms with Crippen LogP contribution in [-0.2, 0) is 11.2 Å². The minimum absolute atomic E-state index is 0.107. The number of hydrogen-bond donors (Lipinski definition) is 1. The molecule has 0 saturated carbocycles. The maximum absolute atomic E-state index is 12.2. The number of carbonyl (C=O) groups excluding carboxylic acids is 1. The molecule has 0 unspecified atom stereocenters. The van der Waals surface area contributed by atoms with Gasteiger partial charge in [-0.15, -0.1) is 5.10 Å². The molecule has 0 atom stereocenters. The van der Waals surface area contributed by atoms with Crippen LogP contribution in [0.25, 0.3) is 5.69 Å². The van der Waals surface area contributed by atoms with Gasteiger partial charge >= 0.3 is 0 Å². The Hall–Kier alpha value is -2.16. The molecule has 28 heavy (non-hydrogen) atoms. The summed E-state index contributed by atoms with van der Waals surface area (Å²) in [4.78, 5) is 16.2. The zero-order valence-electron chi connectivity index (χ0n) is 15.1. The molecule has 1 aromatic carbocycles. The molecule has 3 aromatic rings. The van der Waals surface area contributed by atoms with Crippen molar-refractivity contribution in [1.82, 2.24) is 25.2 Å². The molecule has 0 aliphatic heterocycles. The van der Waals surface area contributed by atoms with E-state index in [1.54, 1.807) is 4.68 Å². The van der Waals surface area contributed by atoms with E-state index in [0.717, 1.165) is 24.9 Å². The van der Waals surface area contributed by atoms with E-state index in [2.05, 4.69) is 44.9 Å². The molecule has 0 saturated heterocycles. The van der Waals surface area contributed by atoms with Gasteiger partial charge in [-0.05, 0) is 47.0 Å². The van der Waals surface area contributed by atoms with Gasteiger partial charge < -0.3 is 5.32 Å². The summed E-state index contributed by atoms with van der Waals surface area (Å²) in [6.07, 6.45) is 4.79. The number of aryl methyl sites for hydroxylation is 1. The molecule has 146 valence electrons. The fraction of sp³-hybridized carbons (Fsp3) is 0.278. The van der Waals surface area contributed by atoms with Crippen molar-refractivity contribution < 1.29 is 4.79 Å². The highest BCUT2D eigenvalue weighted by Crippen LogP contribution is 2.23. The first-order valence-electron chi connectivity index (χ1n) is 8.68. The minimum atomic E-state index is -0.272. The largest absolute Gasteiger partial charge is 0.309 e. The third kappa shape index (κ3) is 5.43. The average molecular weight is 437 g/mol. The van der Waals surface area contributed by atoms with Crippen LogP contribution in [0.2, 0.25) is 10.0 Å². The summed E-state index contributed by atoms with van der Waals surface area (Å²) in [5, 5.41) is 15.6. The standard InChI is InChI=1S/C18H18Cl2N6OS/c1-2-3-4-12-5-7-14(8-6-12)26-18(23-24-25-26)28-11-16(27)22-17-15(20)9-13(19)10-21-17/h5-10H,2-4,11H2,1H3,(H,21,22,27). The summed E-state index contributed by atoms with van der Waals surface area (Å²) < 4.78 is 1.61. The number of hydrogen-bond acceptors (Lipinski definition) is 6. The predicted octanol–water partition coefficient (Wildman–Crippen LogP) is 4.44. The lowest BCUT2D eigenvalue weighted by molar-refractivity contribution is -0.113. The average Bonchev–Trinajstić information content (AvgIpc) is 3.16. The number of pyridine rings is 1. The molecule has 7 nitrogen and oxygen atoms in total. The Morgan fingerprint density at radius 2 is 2.04 bits per heavy atom. The van der Waals surface area contributed by atoms with Gasteiger partial charge in [0, 0.05) is 6.20 Å². The van der Waals surface area contributed by atoms with Crippen LogP contribution in [0.3, 0.4) is 0 Å². The van der Waals surface area contributed by atoms with Crippen LogP contribution < -0.4 is 5.32 Å². The molecule has 0 spiro atoms. The third-order valence-corrected chi connectivity index (χ3v) is 5.25. The second-order valence-corrected chi connectivity index (χ2v) is 7.75. The van der Waals surface area contributed by atoms with Crippen LogP contribution in [0.1, 0.15) is 25.3 Å². The van der Waals surface area contributed by atoms with Crippen LogP contribution >= 0.6 is 35.0 Å². The second kappa shape index (κ2) is 9.86. The molecule has 2 aromatic heterocycles. The summed E-state index contributed by atoms with van der Waals surface area (Å²) >= 11 is 13.0. The molecule has 0 aliphatic carbocycles. The van der Waals surface area contributed by atoms with Gasteiger partial charge in [0.05, 0.1) is 21.5 Å². The molecular weight excluding hydrogens is 419 g/mol. The van der Waals surface area contributed by atoms with E-state index in [0.29, 0.717) is 10.2 Å². The molecular formula is C18H18Cl2N6OS. The zero-order valence-corrected chi connectivity index (χ0v) is 17.4. The first-order chi connectivity index (χ1) is 13.6. The van der Waals surface area contributed by atoms with E-state index in [9.17, 15) is 4.79 Å². The summed E-state index contributed by atoms with van der Waals surface area (Å²) in [6, 6.07) is 9.61. The maximum atomic E-state index is 12.2. The van der Waals surface area contributed by atoms with Gasteiger partial charge in [0.25, 0.3) is 0 Å². The number of amides is 1. The Labute approximate surface area is 176 Å². The fourth-order valence-electron chi connectivity index (χ4n) is 2.42. The molecule has 3 rings (SSSR count). The number of halogens is 2. The Kier molecular flexibility index (Phi) is 7.24. The number of thioether (sulfide) groups is 1. The number of rotatable bonds is 8. The topological polar surface area (TPSA) is 85.6 Å². The highest BCUT2D eigenvalue weighted by molar-refractivity contribution is 7.99. The van der Waals surface area contributed by atoms with Crippen molar-refractivity contribution in [2.45, 2.75) is 31.3 Å². The molecule has 0 bridgehead atoms. The predicted molar refractivity (Wildman–Crippen MR) is 111 cm³/mol. The Morgan fingerprint density at radius 3 is 2.75 bits per heavy atom. The summed E-state index contributed by atoms with van der Waals surface area (Å²) in [7, 11) is 0. The van der Waals surface area contributed by atoms with Crippen molar-refractivity contribution in [3.8, 4) is 5.69 Å². The van der Waals surface area contributed by atoms with Crippen LogP contribution in [-0.4, -0.2) is 36.9 Å². The van der Waals surface area contributed by atoms with E-state index >= 15 is 0 Å². The van der Waals surface area contributed by atoms with Gasteiger partial charge in [0.1, 0.15) is 0 Å². The highest BCUT2D eigenvalue weighted by atomic mass is 35.5. The molecule has 0 radical (unpaired) electrons. The van der Waals surface area contributed by atoms with Crippen LogP contribution in [0.5, 0.6) is 0 Å². The van der Waals surface area contributed by atoms with Gasteiger partial charge in [-0.2, -0.15) is 4.68 Å². The van der Waals surface area contributed by atoms with E-state index in [-0.39, 0.29) is 22.5 Å². The summed E-state index contributed by atoms with van der Waals surface area (Å²) in [5.74, 6) is 0.0976. The lowest BCUT2D eigenvalue weighted by Crippen LogP contribution is -2.15. The normalized spacial score (nSPS) is 10.8. The van der Waals surface area contributed by atoms with Crippen molar-refractivity contribution in [3.63, 3.8) is 0 Å². The summed E-state index contributed by atoms with van der Waals surface area (Å²) in [6.45, 7) is 2.17. The summed E-state index contributed by atoms with van der Waals surface area (Å²) in [5.41, 5.74) is 2.12. The van der Waals surface area contributed by atoms with Gasteiger partial charge in [-0.3, -0.25) is 4.79 Å². The van der Waals surface area contributed by atoms with E-state index in [1.807, 2.05) is 12.1 Å². The van der Waals surface area contributed by atoms with E-state index in [4.69, 9.17) is 23.2 Å². The SMILES string of the molecule is CCCCc1ccc(-n2nnnc2SCC(=O)Nc2ncc(Cl)cc2Cl)cc1. The maximum Gasteiger partial charge on any atom is 0.236 e. The third-order valence-electron chi connectivity index (χ3n) is 3.84. The molecule has 2 heterocycles. The molecule has 10 heteroatoms. The number of nitrogens with zero attached hydrogens (tertiary/aromatic N) is 5. The van der Waals surface area contributed by atoms with Gasteiger partial charge in [-0.25, -0.2) is 4.98 Å². The van der Waals surface area contributed by atoms with Crippen LogP contribution in [0, 0.1) is 0 Å². The number of benzene rings is 1. The lowest BCUT2D eigenvalue weighted by atomic mass is 10.1. The number of unbranched alkanes of at least 4 members (excludes halogenated alkanes) is 1. The monoisotopic (exact) mass is 436 g/mol. The number of nitrogens with one attached hydrogen (secondary N) is 1. The lowest BCUT2D eigenvalue weighted by Gasteiger charge is -2.07. The Morgan fingerprint density at radius 1 is 1.25 bits per heavy atom. The quantitative estimate of drug-likeness (QED) is 0.525. The first kappa shape index (κ1) is 20.6. The van der Waals surface area contributed by atoms with Crippen LogP contribution in [0.15, 0.2) is 41.7 Å². The number of tetrazole rings is 1. The Balaban J connectivity index is 1.61. The van der Waals surface area contributed by atoms with Gasteiger partial charge in [0.2, 0.25) is 11.1 Å². The van der Waals surface area contributed by atoms with E-state index in [1.165, 1.54) is 29.6 Å². The van der Waals surface area contributed by atoms with Crippen molar-refractivity contribution in [1.29, 1.82) is 0 Å².